The molecule has 0 amide bonds. The van der Waals surface area contributed by atoms with Crippen LogP contribution in [0.1, 0.15) is 20.8 Å². The van der Waals surface area contributed by atoms with E-state index in [0.29, 0.717) is 6.04 Å². The molecule has 0 N–H and O–H groups in total. The van der Waals surface area contributed by atoms with E-state index in [2.05, 4.69) is 37.9 Å². The van der Waals surface area contributed by atoms with Crippen molar-refractivity contribution < 1.29 is 4.74 Å². The third kappa shape index (κ3) is 2.01. The van der Waals surface area contributed by atoms with Crippen LogP contribution in [0.3, 0.4) is 0 Å². The highest BCUT2D eigenvalue weighted by Gasteiger charge is 2.29. The summed E-state index contributed by atoms with van der Waals surface area (Å²) < 4.78 is 5.18. The number of hydrogen-bond donors (Lipinski definition) is 0. The summed E-state index contributed by atoms with van der Waals surface area (Å²) in [4.78, 5) is 2.35. The van der Waals surface area contributed by atoms with Crippen LogP contribution in [0.5, 0.6) is 0 Å². The molecule has 0 aromatic rings. The zero-order valence-corrected chi connectivity index (χ0v) is 8.50. The Kier molecular flexibility index (Phi) is 2.78. The van der Waals surface area contributed by atoms with E-state index in [0.717, 1.165) is 13.2 Å². The molecule has 0 aromatic carbocycles. The standard InChI is InChI=1S/C10H19NO/c1-9(2)11-6-5-10(3,7-11)8-12-4/h5-6,9H,7-8H2,1-4H3. The molecule has 0 saturated carbocycles. The fraction of sp³-hybridized carbons (Fsp3) is 0.800. The lowest BCUT2D eigenvalue weighted by molar-refractivity contribution is 0.108. The maximum Gasteiger partial charge on any atom is 0.0568 e. The van der Waals surface area contributed by atoms with Gasteiger partial charge in [-0.2, -0.15) is 0 Å². The Bertz CT molecular complexity index is 177. The van der Waals surface area contributed by atoms with E-state index < -0.39 is 0 Å². The Balaban J connectivity index is 2.50. The van der Waals surface area contributed by atoms with Crippen molar-refractivity contribution in [2.24, 2.45) is 5.41 Å². The molecule has 70 valence electrons. The van der Waals surface area contributed by atoms with Gasteiger partial charge in [0, 0.05) is 25.1 Å². The minimum Gasteiger partial charge on any atom is -0.384 e. The Morgan fingerprint density at radius 2 is 2.25 bits per heavy atom. The molecule has 1 atom stereocenters. The zero-order valence-electron chi connectivity index (χ0n) is 8.50. The van der Waals surface area contributed by atoms with Gasteiger partial charge in [0.15, 0.2) is 0 Å². The summed E-state index contributed by atoms with van der Waals surface area (Å²) in [5.74, 6) is 0. The van der Waals surface area contributed by atoms with Gasteiger partial charge in [0.05, 0.1) is 6.61 Å². The van der Waals surface area contributed by atoms with Crippen molar-refractivity contribution in [2.75, 3.05) is 20.3 Å². The van der Waals surface area contributed by atoms with E-state index in [1.54, 1.807) is 7.11 Å². The monoisotopic (exact) mass is 169 g/mol. The van der Waals surface area contributed by atoms with Gasteiger partial charge in [0.1, 0.15) is 0 Å². The van der Waals surface area contributed by atoms with E-state index in [-0.39, 0.29) is 5.41 Å². The van der Waals surface area contributed by atoms with Crippen LogP contribution in [0.15, 0.2) is 12.3 Å². The van der Waals surface area contributed by atoms with E-state index in [4.69, 9.17) is 4.74 Å². The van der Waals surface area contributed by atoms with Gasteiger partial charge < -0.3 is 9.64 Å². The van der Waals surface area contributed by atoms with Crippen LogP contribution in [0.2, 0.25) is 0 Å². The van der Waals surface area contributed by atoms with Crippen LogP contribution in [-0.4, -0.2) is 31.2 Å². The fourth-order valence-electron chi connectivity index (χ4n) is 1.58. The van der Waals surface area contributed by atoms with Gasteiger partial charge in [0.2, 0.25) is 0 Å². The summed E-state index contributed by atoms with van der Waals surface area (Å²) in [5.41, 5.74) is 0.221. The lowest BCUT2D eigenvalue weighted by Crippen LogP contribution is -2.32. The first kappa shape index (κ1) is 9.59. The fourth-order valence-corrected chi connectivity index (χ4v) is 1.58. The third-order valence-corrected chi connectivity index (χ3v) is 2.35. The van der Waals surface area contributed by atoms with Crippen LogP contribution >= 0.6 is 0 Å². The summed E-state index contributed by atoms with van der Waals surface area (Å²) in [6, 6.07) is 0.597. The summed E-state index contributed by atoms with van der Waals surface area (Å²) in [6.45, 7) is 8.55. The summed E-state index contributed by atoms with van der Waals surface area (Å²) in [5, 5.41) is 0. The summed E-state index contributed by atoms with van der Waals surface area (Å²) >= 11 is 0. The molecule has 1 aliphatic heterocycles. The topological polar surface area (TPSA) is 12.5 Å². The van der Waals surface area contributed by atoms with Crippen molar-refractivity contribution in [1.29, 1.82) is 0 Å². The van der Waals surface area contributed by atoms with E-state index in [9.17, 15) is 0 Å². The molecule has 1 unspecified atom stereocenters. The molecule has 0 spiro atoms. The van der Waals surface area contributed by atoms with Crippen molar-refractivity contribution in [3.8, 4) is 0 Å². The predicted octanol–water partition coefficient (Wildman–Crippen LogP) is 1.88. The molecule has 2 heteroatoms. The van der Waals surface area contributed by atoms with Crippen molar-refractivity contribution >= 4 is 0 Å². The number of rotatable bonds is 3. The van der Waals surface area contributed by atoms with Gasteiger partial charge in [-0.15, -0.1) is 0 Å². The Hall–Kier alpha value is -0.500. The SMILES string of the molecule is COCC1(C)C=CN(C(C)C)C1. The van der Waals surface area contributed by atoms with E-state index >= 15 is 0 Å². The Morgan fingerprint density at radius 3 is 2.67 bits per heavy atom. The van der Waals surface area contributed by atoms with E-state index in [1.165, 1.54) is 0 Å². The second-order valence-electron chi connectivity index (χ2n) is 4.17. The first-order chi connectivity index (χ1) is 5.57. The first-order valence-electron chi connectivity index (χ1n) is 4.51. The third-order valence-electron chi connectivity index (χ3n) is 2.35. The van der Waals surface area contributed by atoms with Crippen molar-refractivity contribution in [1.82, 2.24) is 4.90 Å². The summed E-state index contributed by atoms with van der Waals surface area (Å²) in [7, 11) is 1.76. The highest BCUT2D eigenvalue weighted by atomic mass is 16.5. The van der Waals surface area contributed by atoms with Crippen molar-refractivity contribution in [3.63, 3.8) is 0 Å². The number of hydrogen-bond acceptors (Lipinski definition) is 2. The lowest BCUT2D eigenvalue weighted by atomic mass is 9.94. The van der Waals surface area contributed by atoms with Gasteiger partial charge in [-0.1, -0.05) is 13.0 Å². The normalized spacial score (nSPS) is 28.9. The molecule has 0 aromatic heterocycles. The molecular formula is C10H19NO. The number of ether oxygens (including phenoxy) is 1. The predicted molar refractivity (Wildman–Crippen MR) is 51.0 cm³/mol. The van der Waals surface area contributed by atoms with Crippen LogP contribution in [0.25, 0.3) is 0 Å². The van der Waals surface area contributed by atoms with Gasteiger partial charge in [-0.3, -0.25) is 0 Å². The maximum absolute atomic E-state index is 5.18. The van der Waals surface area contributed by atoms with Crippen LogP contribution < -0.4 is 0 Å². The molecule has 1 rings (SSSR count). The average Bonchev–Trinajstić information content (AvgIpc) is 2.33. The van der Waals surface area contributed by atoms with Gasteiger partial charge in [-0.25, -0.2) is 0 Å². The van der Waals surface area contributed by atoms with E-state index in [1.807, 2.05) is 0 Å². The molecule has 0 aliphatic carbocycles. The highest BCUT2D eigenvalue weighted by molar-refractivity contribution is 5.07. The Labute approximate surface area is 75.2 Å². The largest absolute Gasteiger partial charge is 0.384 e. The highest BCUT2D eigenvalue weighted by Crippen LogP contribution is 2.27. The minimum atomic E-state index is 0.221. The molecule has 0 radical (unpaired) electrons. The molecular weight excluding hydrogens is 150 g/mol. The molecule has 2 nitrogen and oxygen atoms in total. The second-order valence-corrected chi connectivity index (χ2v) is 4.17. The number of methoxy groups -OCH3 is 1. The maximum atomic E-state index is 5.18. The minimum absolute atomic E-state index is 0.221. The quantitative estimate of drug-likeness (QED) is 0.639. The van der Waals surface area contributed by atoms with Crippen LogP contribution in [0.4, 0.5) is 0 Å². The lowest BCUT2D eigenvalue weighted by Gasteiger charge is -2.27. The molecule has 1 heterocycles. The Morgan fingerprint density at radius 1 is 1.58 bits per heavy atom. The molecule has 1 aliphatic rings. The summed E-state index contributed by atoms with van der Waals surface area (Å²) in [6.07, 6.45) is 4.43. The molecule has 0 saturated heterocycles. The van der Waals surface area contributed by atoms with Gasteiger partial charge >= 0.3 is 0 Å². The van der Waals surface area contributed by atoms with Crippen LogP contribution in [-0.2, 0) is 4.74 Å². The van der Waals surface area contributed by atoms with Gasteiger partial charge in [0.25, 0.3) is 0 Å². The smallest absolute Gasteiger partial charge is 0.0568 e. The van der Waals surface area contributed by atoms with Crippen molar-refractivity contribution in [2.45, 2.75) is 26.8 Å². The van der Waals surface area contributed by atoms with Crippen LogP contribution in [0, 0.1) is 5.41 Å². The van der Waals surface area contributed by atoms with Gasteiger partial charge in [-0.05, 0) is 20.0 Å². The molecule has 0 fully saturated rings. The number of nitrogens with zero attached hydrogens (tertiary/aromatic N) is 1. The van der Waals surface area contributed by atoms with Crippen molar-refractivity contribution in [3.05, 3.63) is 12.3 Å². The average molecular weight is 169 g/mol. The first-order valence-corrected chi connectivity index (χ1v) is 4.51. The second kappa shape index (κ2) is 3.48. The zero-order chi connectivity index (χ0) is 9.19. The molecule has 0 bridgehead atoms. The molecule has 12 heavy (non-hydrogen) atoms.